The van der Waals surface area contributed by atoms with Gasteiger partial charge in [0.25, 0.3) is 11.6 Å². The van der Waals surface area contributed by atoms with Crippen molar-refractivity contribution in [3.63, 3.8) is 0 Å². The molecule has 7 nitrogen and oxygen atoms in total. The number of nitrogens with zero attached hydrogens (tertiary/aromatic N) is 4. The van der Waals surface area contributed by atoms with E-state index < -0.39 is 4.92 Å². The van der Waals surface area contributed by atoms with E-state index in [-0.39, 0.29) is 28.7 Å². The van der Waals surface area contributed by atoms with Crippen molar-refractivity contribution in [1.29, 1.82) is 0 Å². The van der Waals surface area contributed by atoms with Gasteiger partial charge in [-0.25, -0.2) is 0 Å². The van der Waals surface area contributed by atoms with Gasteiger partial charge in [0.15, 0.2) is 0 Å². The van der Waals surface area contributed by atoms with Crippen molar-refractivity contribution < 1.29 is 9.72 Å². The van der Waals surface area contributed by atoms with Crippen LogP contribution in [0.5, 0.6) is 0 Å². The van der Waals surface area contributed by atoms with Crippen molar-refractivity contribution >= 4 is 34.8 Å². The summed E-state index contributed by atoms with van der Waals surface area (Å²) in [5.41, 5.74) is 0.539. The predicted octanol–water partition coefficient (Wildman–Crippen LogP) is 2.91. The summed E-state index contributed by atoms with van der Waals surface area (Å²) < 4.78 is 1.57. The number of hydrogen-bond donors (Lipinski definition) is 0. The van der Waals surface area contributed by atoms with Gasteiger partial charge >= 0.3 is 0 Å². The second-order valence-electron chi connectivity index (χ2n) is 4.65. The highest BCUT2D eigenvalue weighted by atomic mass is 35.5. The van der Waals surface area contributed by atoms with Crippen LogP contribution >= 0.6 is 23.2 Å². The standard InChI is InChI=1S/C13H12Cl2N4O3/c1-17(7-12-10(15)6-16-18(12)2)13(20)8-3-4-9(14)11(5-8)19(21)22/h3-6H,7H2,1-2H3. The zero-order valence-electron chi connectivity index (χ0n) is 11.8. The van der Waals surface area contributed by atoms with Crippen LogP contribution in [0.1, 0.15) is 16.1 Å². The van der Waals surface area contributed by atoms with Crippen LogP contribution in [-0.2, 0) is 13.6 Å². The largest absolute Gasteiger partial charge is 0.336 e. The maximum absolute atomic E-state index is 12.4. The molecule has 2 aromatic rings. The highest BCUT2D eigenvalue weighted by Gasteiger charge is 2.20. The average Bonchev–Trinajstić information content (AvgIpc) is 2.78. The Labute approximate surface area is 136 Å². The molecule has 0 radical (unpaired) electrons. The van der Waals surface area contributed by atoms with Gasteiger partial charge in [0.1, 0.15) is 5.02 Å². The van der Waals surface area contributed by atoms with Crippen LogP contribution in [-0.4, -0.2) is 32.6 Å². The Hall–Kier alpha value is -2.12. The number of nitro benzene ring substituents is 1. The number of benzene rings is 1. The molecule has 1 heterocycles. The van der Waals surface area contributed by atoms with Gasteiger partial charge < -0.3 is 4.90 Å². The van der Waals surface area contributed by atoms with Gasteiger partial charge in [-0.05, 0) is 12.1 Å². The summed E-state index contributed by atoms with van der Waals surface area (Å²) in [4.78, 5) is 24.0. The van der Waals surface area contributed by atoms with Crippen LogP contribution in [0.25, 0.3) is 0 Å². The molecule has 0 aliphatic carbocycles. The molecule has 0 spiro atoms. The lowest BCUT2D eigenvalue weighted by Crippen LogP contribution is -2.27. The van der Waals surface area contributed by atoms with Gasteiger partial charge in [-0.2, -0.15) is 5.10 Å². The quantitative estimate of drug-likeness (QED) is 0.631. The molecular weight excluding hydrogens is 331 g/mol. The maximum atomic E-state index is 12.4. The molecule has 22 heavy (non-hydrogen) atoms. The van der Waals surface area contributed by atoms with E-state index >= 15 is 0 Å². The molecule has 0 fully saturated rings. The number of nitro groups is 1. The SMILES string of the molecule is CN(Cc1c(Cl)cnn1C)C(=O)c1ccc(Cl)c([N+](=O)[O-])c1. The van der Waals surface area contributed by atoms with Crippen molar-refractivity contribution in [3.05, 3.63) is 55.8 Å². The Kier molecular flexibility index (Phi) is 4.68. The van der Waals surface area contributed by atoms with E-state index in [4.69, 9.17) is 23.2 Å². The lowest BCUT2D eigenvalue weighted by atomic mass is 10.1. The second-order valence-corrected chi connectivity index (χ2v) is 5.46. The topological polar surface area (TPSA) is 81.3 Å². The molecule has 0 saturated carbocycles. The third-order valence-corrected chi connectivity index (χ3v) is 3.77. The average molecular weight is 343 g/mol. The monoisotopic (exact) mass is 342 g/mol. The van der Waals surface area contributed by atoms with E-state index in [0.29, 0.717) is 10.7 Å². The number of halogens is 2. The highest BCUT2D eigenvalue weighted by Crippen LogP contribution is 2.26. The molecule has 0 atom stereocenters. The molecule has 0 aliphatic heterocycles. The van der Waals surface area contributed by atoms with Gasteiger partial charge in [0.2, 0.25) is 0 Å². The predicted molar refractivity (Wildman–Crippen MR) is 82.1 cm³/mol. The molecule has 116 valence electrons. The third-order valence-electron chi connectivity index (χ3n) is 3.13. The Morgan fingerprint density at radius 1 is 1.41 bits per heavy atom. The number of aromatic nitrogens is 2. The number of rotatable bonds is 4. The Bertz CT molecular complexity index is 725. The summed E-state index contributed by atoms with van der Waals surface area (Å²) in [6, 6.07) is 3.93. The minimum absolute atomic E-state index is 0.0149. The molecule has 0 N–H and O–H groups in total. The molecule has 9 heteroatoms. The van der Waals surface area contributed by atoms with Crippen LogP contribution in [0.3, 0.4) is 0 Å². The molecule has 0 bridgehead atoms. The van der Waals surface area contributed by atoms with E-state index in [1.807, 2.05) is 0 Å². The molecule has 1 amide bonds. The Morgan fingerprint density at radius 3 is 2.64 bits per heavy atom. The molecule has 0 aliphatic rings. The molecule has 1 aromatic carbocycles. The first-order valence-corrected chi connectivity index (χ1v) is 6.92. The Balaban J connectivity index is 2.24. The Morgan fingerprint density at radius 2 is 2.09 bits per heavy atom. The normalized spacial score (nSPS) is 10.5. The van der Waals surface area contributed by atoms with Crippen LogP contribution in [0.15, 0.2) is 24.4 Å². The van der Waals surface area contributed by atoms with Gasteiger partial charge in [0, 0.05) is 25.7 Å². The minimum Gasteiger partial charge on any atom is -0.336 e. The first-order valence-electron chi connectivity index (χ1n) is 6.17. The first-order chi connectivity index (χ1) is 10.3. The summed E-state index contributed by atoms with van der Waals surface area (Å²) in [6.07, 6.45) is 1.49. The van der Waals surface area contributed by atoms with E-state index in [1.54, 1.807) is 18.8 Å². The first kappa shape index (κ1) is 16.3. The van der Waals surface area contributed by atoms with Crippen LogP contribution in [0.4, 0.5) is 5.69 Å². The molecule has 0 saturated heterocycles. The maximum Gasteiger partial charge on any atom is 0.288 e. The summed E-state index contributed by atoms with van der Waals surface area (Å²) in [5.74, 6) is -0.378. The van der Waals surface area contributed by atoms with E-state index in [1.165, 1.54) is 23.2 Å². The van der Waals surface area contributed by atoms with Gasteiger partial charge in [-0.3, -0.25) is 19.6 Å². The number of amides is 1. The van der Waals surface area contributed by atoms with Gasteiger partial charge in [-0.1, -0.05) is 23.2 Å². The van der Waals surface area contributed by atoms with E-state index in [2.05, 4.69) is 5.10 Å². The summed E-state index contributed by atoms with van der Waals surface area (Å²) >= 11 is 11.7. The van der Waals surface area contributed by atoms with Gasteiger partial charge in [-0.15, -0.1) is 0 Å². The number of carbonyl (C=O) groups is 1. The van der Waals surface area contributed by atoms with Gasteiger partial charge in [0.05, 0.1) is 28.4 Å². The second kappa shape index (κ2) is 6.33. The van der Waals surface area contributed by atoms with Crippen LogP contribution in [0, 0.1) is 10.1 Å². The highest BCUT2D eigenvalue weighted by molar-refractivity contribution is 6.32. The summed E-state index contributed by atoms with van der Waals surface area (Å²) in [6.45, 7) is 0.227. The van der Waals surface area contributed by atoms with Crippen molar-refractivity contribution in [2.24, 2.45) is 7.05 Å². The number of carbonyl (C=O) groups excluding carboxylic acids is 1. The molecule has 0 unspecified atom stereocenters. The van der Waals surface area contributed by atoms with Crippen molar-refractivity contribution in [2.45, 2.75) is 6.54 Å². The lowest BCUT2D eigenvalue weighted by molar-refractivity contribution is -0.384. The van der Waals surface area contributed by atoms with Crippen molar-refractivity contribution in [3.8, 4) is 0 Å². The zero-order valence-corrected chi connectivity index (χ0v) is 13.3. The smallest absolute Gasteiger partial charge is 0.288 e. The fraction of sp³-hybridized carbons (Fsp3) is 0.231. The molecule has 1 aromatic heterocycles. The summed E-state index contributed by atoms with van der Waals surface area (Å²) in [5, 5.41) is 15.3. The lowest BCUT2D eigenvalue weighted by Gasteiger charge is -2.17. The zero-order chi connectivity index (χ0) is 16.4. The van der Waals surface area contributed by atoms with E-state index in [0.717, 1.165) is 6.07 Å². The van der Waals surface area contributed by atoms with Crippen molar-refractivity contribution in [2.75, 3.05) is 7.05 Å². The van der Waals surface area contributed by atoms with Crippen molar-refractivity contribution in [1.82, 2.24) is 14.7 Å². The fourth-order valence-electron chi connectivity index (χ4n) is 1.92. The fourth-order valence-corrected chi connectivity index (χ4v) is 2.33. The van der Waals surface area contributed by atoms with Crippen LogP contribution < -0.4 is 0 Å². The van der Waals surface area contributed by atoms with Crippen LogP contribution in [0.2, 0.25) is 10.0 Å². The molecule has 2 rings (SSSR count). The summed E-state index contributed by atoms with van der Waals surface area (Å²) in [7, 11) is 3.29. The number of aryl methyl sites for hydroxylation is 1. The number of hydrogen-bond acceptors (Lipinski definition) is 4. The molecular formula is C13H12Cl2N4O3. The van der Waals surface area contributed by atoms with E-state index in [9.17, 15) is 14.9 Å². The third kappa shape index (κ3) is 3.20. The minimum atomic E-state index is -0.628.